The quantitative estimate of drug-likeness (QED) is 0.483. The smallest absolute Gasteiger partial charge is 0.308 e. The third kappa shape index (κ3) is 3.64. The molecule has 1 heterocycles. The number of hydrogen-bond acceptors (Lipinski definition) is 3. The van der Waals surface area contributed by atoms with Gasteiger partial charge in [0.25, 0.3) is 0 Å². The summed E-state index contributed by atoms with van der Waals surface area (Å²) in [7, 11) is 3.31. The zero-order valence-electron chi connectivity index (χ0n) is 12.9. The van der Waals surface area contributed by atoms with Crippen LogP contribution in [0.15, 0.2) is 4.99 Å². The molecule has 1 saturated heterocycles. The zero-order chi connectivity index (χ0) is 14.5. The number of aliphatic imine (C=N–C) groups is 1. The number of rotatable bonds is 4. The average molecular weight is 281 g/mol. The first-order chi connectivity index (χ1) is 9.69. The highest BCUT2D eigenvalue weighted by Crippen LogP contribution is 2.34. The molecule has 2 aliphatic rings. The van der Waals surface area contributed by atoms with Crippen molar-refractivity contribution in [1.29, 1.82) is 0 Å². The molecule has 0 aromatic rings. The van der Waals surface area contributed by atoms with E-state index in [2.05, 4.69) is 22.1 Å². The molecule has 114 valence electrons. The predicted molar refractivity (Wildman–Crippen MR) is 79.6 cm³/mol. The molecule has 2 rings (SSSR count). The Bertz CT molecular complexity index is 362. The minimum atomic E-state index is -0.0715. The van der Waals surface area contributed by atoms with Gasteiger partial charge in [0.15, 0.2) is 5.96 Å². The molecule has 2 unspecified atom stereocenters. The SMILES string of the molecule is CCCC1CC1NC(=NC)N1CCC(C(=O)OC)CC1. The Morgan fingerprint density at radius 2 is 2.10 bits per heavy atom. The summed E-state index contributed by atoms with van der Waals surface area (Å²) in [6.45, 7) is 4.00. The maximum absolute atomic E-state index is 11.5. The number of hydrogen-bond donors (Lipinski definition) is 1. The number of methoxy groups -OCH3 is 1. The Kier molecular flexibility index (Phi) is 5.26. The Hall–Kier alpha value is -1.26. The van der Waals surface area contributed by atoms with Gasteiger partial charge in [-0.2, -0.15) is 0 Å². The van der Waals surface area contributed by atoms with Gasteiger partial charge in [-0.25, -0.2) is 0 Å². The summed E-state index contributed by atoms with van der Waals surface area (Å²) in [6, 6.07) is 0.604. The van der Waals surface area contributed by atoms with Crippen LogP contribution in [0.1, 0.15) is 39.0 Å². The molecular weight excluding hydrogens is 254 g/mol. The van der Waals surface area contributed by atoms with Crippen molar-refractivity contribution < 1.29 is 9.53 Å². The highest BCUT2D eigenvalue weighted by atomic mass is 16.5. The fraction of sp³-hybridized carbons (Fsp3) is 0.867. The molecular formula is C15H27N3O2. The van der Waals surface area contributed by atoms with Crippen LogP contribution >= 0.6 is 0 Å². The van der Waals surface area contributed by atoms with Crippen molar-refractivity contribution in [1.82, 2.24) is 10.2 Å². The van der Waals surface area contributed by atoms with Crippen LogP contribution in [0.3, 0.4) is 0 Å². The van der Waals surface area contributed by atoms with Crippen molar-refractivity contribution >= 4 is 11.9 Å². The molecule has 1 N–H and O–H groups in total. The summed E-state index contributed by atoms with van der Waals surface area (Å²) >= 11 is 0. The van der Waals surface area contributed by atoms with Gasteiger partial charge in [0.1, 0.15) is 0 Å². The highest BCUT2D eigenvalue weighted by molar-refractivity contribution is 5.81. The summed E-state index contributed by atoms with van der Waals surface area (Å²) in [5.41, 5.74) is 0. The molecule has 0 amide bonds. The Labute approximate surface area is 121 Å². The molecule has 1 saturated carbocycles. The van der Waals surface area contributed by atoms with E-state index < -0.39 is 0 Å². The number of likely N-dealkylation sites (tertiary alicyclic amines) is 1. The maximum atomic E-state index is 11.5. The van der Waals surface area contributed by atoms with Gasteiger partial charge < -0.3 is 15.0 Å². The normalized spacial score (nSPS) is 27.4. The monoisotopic (exact) mass is 281 g/mol. The average Bonchev–Trinajstić information content (AvgIpc) is 3.22. The second-order valence-electron chi connectivity index (χ2n) is 5.87. The van der Waals surface area contributed by atoms with Crippen LogP contribution in [-0.4, -0.2) is 50.1 Å². The van der Waals surface area contributed by atoms with E-state index in [4.69, 9.17) is 4.74 Å². The van der Waals surface area contributed by atoms with Gasteiger partial charge in [-0.05, 0) is 31.6 Å². The molecule has 0 spiro atoms. The van der Waals surface area contributed by atoms with Gasteiger partial charge in [-0.3, -0.25) is 9.79 Å². The Morgan fingerprint density at radius 3 is 2.65 bits per heavy atom. The molecule has 5 heteroatoms. The molecule has 1 aliphatic heterocycles. The van der Waals surface area contributed by atoms with E-state index in [1.54, 1.807) is 0 Å². The fourth-order valence-corrected chi connectivity index (χ4v) is 3.07. The summed E-state index contributed by atoms with van der Waals surface area (Å²) in [4.78, 5) is 18.2. The molecule has 2 fully saturated rings. The van der Waals surface area contributed by atoms with Crippen molar-refractivity contribution in [2.45, 2.75) is 45.1 Å². The van der Waals surface area contributed by atoms with Crippen LogP contribution in [0.5, 0.6) is 0 Å². The number of guanidine groups is 1. The van der Waals surface area contributed by atoms with E-state index >= 15 is 0 Å². The van der Waals surface area contributed by atoms with Crippen LogP contribution < -0.4 is 5.32 Å². The Balaban J connectivity index is 1.78. The number of esters is 1. The van der Waals surface area contributed by atoms with Crippen molar-refractivity contribution in [2.75, 3.05) is 27.2 Å². The van der Waals surface area contributed by atoms with E-state index in [-0.39, 0.29) is 11.9 Å². The van der Waals surface area contributed by atoms with Crippen molar-refractivity contribution in [3.63, 3.8) is 0 Å². The van der Waals surface area contributed by atoms with E-state index in [9.17, 15) is 4.79 Å². The van der Waals surface area contributed by atoms with Gasteiger partial charge in [0, 0.05) is 26.2 Å². The molecule has 0 aromatic carbocycles. The first-order valence-electron chi connectivity index (χ1n) is 7.75. The number of nitrogens with zero attached hydrogens (tertiary/aromatic N) is 2. The van der Waals surface area contributed by atoms with Crippen LogP contribution in [0.25, 0.3) is 0 Å². The third-order valence-electron chi connectivity index (χ3n) is 4.44. The van der Waals surface area contributed by atoms with E-state index in [1.165, 1.54) is 26.4 Å². The van der Waals surface area contributed by atoms with Crippen LogP contribution in [0.4, 0.5) is 0 Å². The first kappa shape index (κ1) is 15.1. The minimum absolute atomic E-state index is 0.0584. The van der Waals surface area contributed by atoms with E-state index in [1.807, 2.05) is 7.05 Å². The minimum Gasteiger partial charge on any atom is -0.469 e. The summed E-state index contributed by atoms with van der Waals surface area (Å²) < 4.78 is 4.82. The van der Waals surface area contributed by atoms with Gasteiger partial charge >= 0.3 is 5.97 Å². The lowest BCUT2D eigenvalue weighted by molar-refractivity contribution is -0.146. The number of ether oxygens (including phenoxy) is 1. The fourth-order valence-electron chi connectivity index (χ4n) is 3.07. The highest BCUT2D eigenvalue weighted by Gasteiger charge is 2.37. The molecule has 20 heavy (non-hydrogen) atoms. The van der Waals surface area contributed by atoms with Crippen molar-refractivity contribution in [3.05, 3.63) is 0 Å². The van der Waals surface area contributed by atoms with Crippen molar-refractivity contribution in [2.24, 2.45) is 16.8 Å². The van der Waals surface area contributed by atoms with Gasteiger partial charge in [-0.15, -0.1) is 0 Å². The summed E-state index contributed by atoms with van der Waals surface area (Å²) in [5, 5.41) is 3.56. The number of carbonyl (C=O) groups excluding carboxylic acids is 1. The second kappa shape index (κ2) is 6.95. The van der Waals surface area contributed by atoms with Crippen LogP contribution in [0.2, 0.25) is 0 Å². The predicted octanol–water partition coefficient (Wildman–Crippen LogP) is 1.64. The van der Waals surface area contributed by atoms with Crippen molar-refractivity contribution in [3.8, 4) is 0 Å². The molecule has 5 nitrogen and oxygen atoms in total. The van der Waals surface area contributed by atoms with E-state index in [0.29, 0.717) is 6.04 Å². The van der Waals surface area contributed by atoms with Gasteiger partial charge in [0.2, 0.25) is 0 Å². The van der Waals surface area contributed by atoms with Gasteiger partial charge in [-0.1, -0.05) is 13.3 Å². The molecule has 0 radical (unpaired) electrons. The van der Waals surface area contributed by atoms with Crippen LogP contribution in [0, 0.1) is 11.8 Å². The standard InChI is InChI=1S/C15H27N3O2/c1-4-5-12-10-13(12)17-15(16-2)18-8-6-11(7-9-18)14(19)20-3/h11-13H,4-10H2,1-3H3,(H,16,17). The summed E-state index contributed by atoms with van der Waals surface area (Å²) in [5.74, 6) is 1.81. The molecule has 1 aliphatic carbocycles. The largest absolute Gasteiger partial charge is 0.469 e. The molecule has 2 atom stereocenters. The lowest BCUT2D eigenvalue weighted by Crippen LogP contribution is -2.47. The first-order valence-corrected chi connectivity index (χ1v) is 7.75. The van der Waals surface area contributed by atoms with Crippen LogP contribution in [-0.2, 0) is 9.53 Å². The molecule has 0 aromatic heterocycles. The molecule has 0 bridgehead atoms. The Morgan fingerprint density at radius 1 is 1.40 bits per heavy atom. The number of nitrogens with one attached hydrogen (secondary N) is 1. The lowest BCUT2D eigenvalue weighted by atomic mass is 9.97. The topological polar surface area (TPSA) is 53.9 Å². The van der Waals surface area contributed by atoms with Gasteiger partial charge in [0.05, 0.1) is 13.0 Å². The lowest BCUT2D eigenvalue weighted by Gasteiger charge is -2.33. The second-order valence-corrected chi connectivity index (χ2v) is 5.87. The third-order valence-corrected chi connectivity index (χ3v) is 4.44. The number of piperidine rings is 1. The van der Waals surface area contributed by atoms with E-state index in [0.717, 1.165) is 37.8 Å². The zero-order valence-corrected chi connectivity index (χ0v) is 12.9. The summed E-state index contributed by atoms with van der Waals surface area (Å²) in [6.07, 6.45) is 5.55. The maximum Gasteiger partial charge on any atom is 0.308 e. The number of carbonyl (C=O) groups is 1.